The van der Waals surface area contributed by atoms with E-state index in [9.17, 15) is 9.59 Å². The molecule has 127 valence electrons. The van der Waals surface area contributed by atoms with E-state index in [0.717, 1.165) is 6.54 Å². The number of anilines is 2. The zero-order valence-corrected chi connectivity index (χ0v) is 16.3. The summed E-state index contributed by atoms with van der Waals surface area (Å²) in [5.41, 5.74) is 3.83. The minimum absolute atomic E-state index is 0. The molecule has 1 heterocycles. The van der Waals surface area contributed by atoms with Gasteiger partial charge in [0, 0.05) is 38.0 Å². The van der Waals surface area contributed by atoms with Gasteiger partial charge in [-0.2, -0.15) is 0 Å². The van der Waals surface area contributed by atoms with Crippen LogP contribution in [0.25, 0.3) is 6.08 Å². The fourth-order valence-electron chi connectivity index (χ4n) is 2.46. The molecular formula is C20H21IrNO2. The average molecular weight is 500 g/mol. The van der Waals surface area contributed by atoms with Gasteiger partial charge in [-0.25, -0.2) is 0 Å². The van der Waals surface area contributed by atoms with Crippen molar-refractivity contribution in [1.82, 2.24) is 0 Å². The smallest absolute Gasteiger partial charge is 0.137 e. The molecule has 0 spiro atoms. The van der Waals surface area contributed by atoms with Gasteiger partial charge in [-0.05, 0) is 37.6 Å². The molecule has 1 radical (unpaired) electrons. The molecule has 0 fully saturated rings. The molecular weight excluding hydrogens is 478 g/mol. The van der Waals surface area contributed by atoms with E-state index >= 15 is 0 Å². The Labute approximate surface area is 156 Å². The monoisotopic (exact) mass is 500 g/mol. The van der Waals surface area contributed by atoms with Gasteiger partial charge in [-0.15, -0.1) is 0 Å². The maximum atomic E-state index is 10.0. The molecule has 3 nitrogen and oxygen atoms in total. The Hall–Kier alpha value is -2.03. The summed E-state index contributed by atoms with van der Waals surface area (Å²) < 4.78 is 0. The van der Waals surface area contributed by atoms with Crippen molar-refractivity contribution in [3.05, 3.63) is 66.2 Å². The van der Waals surface area contributed by atoms with Crippen molar-refractivity contribution in [2.75, 3.05) is 11.4 Å². The maximum absolute atomic E-state index is 10.0. The van der Waals surface area contributed by atoms with Crippen LogP contribution in [0.5, 0.6) is 0 Å². The maximum Gasteiger partial charge on any atom is 0.137 e. The number of benzene rings is 2. The minimum atomic E-state index is -0.0625. The van der Waals surface area contributed by atoms with Crippen LogP contribution in [0.2, 0.25) is 0 Å². The number of hydrogen-bond acceptors (Lipinski definition) is 3. The number of fused-ring (bicyclic) bond motifs is 1. The molecule has 0 aromatic heterocycles. The molecule has 0 amide bonds. The second kappa shape index (κ2) is 9.96. The summed E-state index contributed by atoms with van der Waals surface area (Å²) in [5.74, 6) is -0.125. The van der Waals surface area contributed by atoms with E-state index in [4.69, 9.17) is 0 Å². The van der Waals surface area contributed by atoms with Gasteiger partial charge in [-0.3, -0.25) is 9.59 Å². The SMILES string of the molecule is C1=Cc2ccccc2N(c2ccccc2)C1.CC(=O)CC(C)=O.[Ir]. The molecule has 4 heteroatoms. The number of carbonyl (C=O) groups is 2. The van der Waals surface area contributed by atoms with Crippen molar-refractivity contribution in [3.63, 3.8) is 0 Å². The van der Waals surface area contributed by atoms with Crippen LogP contribution in [-0.2, 0) is 29.7 Å². The Balaban J connectivity index is 0.000000312. The first-order valence-corrected chi connectivity index (χ1v) is 7.65. The minimum Gasteiger partial charge on any atom is -0.337 e. The Morgan fingerprint density at radius 1 is 0.917 bits per heavy atom. The van der Waals surface area contributed by atoms with Gasteiger partial charge >= 0.3 is 0 Å². The quantitative estimate of drug-likeness (QED) is 0.588. The molecule has 24 heavy (non-hydrogen) atoms. The van der Waals surface area contributed by atoms with Crippen LogP contribution in [0.15, 0.2) is 60.7 Å². The van der Waals surface area contributed by atoms with E-state index in [-0.39, 0.29) is 38.1 Å². The Kier molecular flexibility index (Phi) is 8.31. The van der Waals surface area contributed by atoms with Gasteiger partial charge in [0.1, 0.15) is 11.6 Å². The summed E-state index contributed by atoms with van der Waals surface area (Å²) in [6, 6.07) is 19.0. The standard InChI is InChI=1S/C15H13N.C5H8O2.Ir/c1-2-9-14(10-3-1)16-12-6-8-13-7-4-5-11-15(13)16;1-4(6)3-5(2)7;/h1-11H,12H2;3H2,1-2H3;. The van der Waals surface area contributed by atoms with Crippen LogP contribution in [0, 0.1) is 0 Å². The van der Waals surface area contributed by atoms with Gasteiger partial charge in [0.2, 0.25) is 0 Å². The molecule has 1 aliphatic rings. The largest absolute Gasteiger partial charge is 0.337 e. The zero-order chi connectivity index (χ0) is 16.7. The third-order valence-electron chi connectivity index (χ3n) is 3.38. The molecule has 0 saturated heterocycles. The van der Waals surface area contributed by atoms with Gasteiger partial charge < -0.3 is 4.90 Å². The Morgan fingerprint density at radius 3 is 2.08 bits per heavy atom. The van der Waals surface area contributed by atoms with E-state index in [1.54, 1.807) is 0 Å². The Morgan fingerprint density at radius 2 is 1.50 bits per heavy atom. The van der Waals surface area contributed by atoms with Crippen molar-refractivity contribution in [2.24, 2.45) is 0 Å². The van der Waals surface area contributed by atoms with E-state index < -0.39 is 0 Å². The molecule has 0 N–H and O–H groups in total. The normalized spacial score (nSPS) is 11.5. The number of hydrogen-bond donors (Lipinski definition) is 0. The predicted octanol–water partition coefficient (Wildman–Crippen LogP) is 4.40. The van der Waals surface area contributed by atoms with Crippen molar-refractivity contribution in [1.29, 1.82) is 0 Å². The summed E-state index contributed by atoms with van der Waals surface area (Å²) in [5, 5.41) is 0. The van der Waals surface area contributed by atoms with Crippen molar-refractivity contribution >= 4 is 29.0 Å². The third-order valence-corrected chi connectivity index (χ3v) is 3.38. The molecule has 3 rings (SSSR count). The Bertz CT molecular complexity index is 699. The molecule has 1 aliphatic heterocycles. The van der Waals surface area contributed by atoms with Gasteiger partial charge in [0.05, 0.1) is 6.42 Å². The summed E-state index contributed by atoms with van der Waals surface area (Å²) in [4.78, 5) is 22.4. The molecule has 0 bridgehead atoms. The van der Waals surface area contributed by atoms with Crippen molar-refractivity contribution in [3.8, 4) is 0 Å². The molecule has 0 unspecified atom stereocenters. The van der Waals surface area contributed by atoms with Crippen molar-refractivity contribution in [2.45, 2.75) is 20.3 Å². The molecule has 0 atom stereocenters. The summed E-state index contributed by atoms with van der Waals surface area (Å²) in [6.07, 6.45) is 4.48. The fraction of sp³-hybridized carbons (Fsp3) is 0.200. The van der Waals surface area contributed by atoms with Crippen LogP contribution in [-0.4, -0.2) is 18.1 Å². The van der Waals surface area contributed by atoms with Gasteiger partial charge in [0.15, 0.2) is 0 Å². The molecule has 0 aliphatic carbocycles. The molecule has 2 aromatic carbocycles. The zero-order valence-electron chi connectivity index (χ0n) is 13.9. The van der Waals surface area contributed by atoms with E-state index in [2.05, 4.69) is 71.6 Å². The number of Topliss-reactive ketones (excluding diaryl/α,β-unsaturated/α-hetero) is 2. The van der Waals surface area contributed by atoms with Crippen LogP contribution < -0.4 is 4.90 Å². The third kappa shape index (κ3) is 5.88. The summed E-state index contributed by atoms with van der Waals surface area (Å²) in [7, 11) is 0. The molecule has 2 aromatic rings. The topological polar surface area (TPSA) is 37.4 Å². The van der Waals surface area contributed by atoms with Gasteiger partial charge in [0.25, 0.3) is 0 Å². The van der Waals surface area contributed by atoms with Crippen LogP contribution in [0.4, 0.5) is 11.4 Å². The number of ketones is 2. The van der Waals surface area contributed by atoms with Crippen LogP contribution in [0.1, 0.15) is 25.8 Å². The predicted molar refractivity (Wildman–Crippen MR) is 94.9 cm³/mol. The first-order valence-electron chi connectivity index (χ1n) is 7.65. The number of para-hydroxylation sites is 2. The van der Waals surface area contributed by atoms with E-state index in [1.807, 2.05) is 0 Å². The fourth-order valence-corrected chi connectivity index (χ4v) is 2.46. The van der Waals surface area contributed by atoms with Crippen molar-refractivity contribution < 1.29 is 29.7 Å². The molecule has 0 saturated carbocycles. The average Bonchev–Trinajstić information content (AvgIpc) is 2.54. The van der Waals surface area contributed by atoms with Crippen LogP contribution >= 0.6 is 0 Å². The van der Waals surface area contributed by atoms with E-state index in [0.29, 0.717) is 0 Å². The first kappa shape index (κ1) is 20.0. The number of nitrogens with zero attached hydrogens (tertiary/aromatic N) is 1. The second-order valence-corrected chi connectivity index (χ2v) is 5.49. The summed E-state index contributed by atoms with van der Waals surface area (Å²) in [6.45, 7) is 3.75. The van der Waals surface area contributed by atoms with Gasteiger partial charge in [-0.1, -0.05) is 48.6 Å². The summed E-state index contributed by atoms with van der Waals surface area (Å²) >= 11 is 0. The second-order valence-electron chi connectivity index (χ2n) is 5.49. The van der Waals surface area contributed by atoms with E-state index in [1.165, 1.54) is 30.8 Å². The first-order chi connectivity index (χ1) is 11.1. The number of carbonyl (C=O) groups excluding carboxylic acids is 2. The van der Waals surface area contributed by atoms with Crippen LogP contribution in [0.3, 0.4) is 0 Å². The number of rotatable bonds is 3.